The van der Waals surface area contributed by atoms with Crippen LogP contribution in [0.4, 0.5) is 0 Å². The van der Waals surface area contributed by atoms with Crippen molar-refractivity contribution in [2.45, 2.75) is 11.2 Å². The van der Waals surface area contributed by atoms with Crippen molar-refractivity contribution in [1.82, 2.24) is 9.78 Å². The summed E-state index contributed by atoms with van der Waals surface area (Å²) in [5.41, 5.74) is 2.64. The molecule has 0 saturated heterocycles. The molecular formula is C10H10BrIN2S. The average molecular weight is 397 g/mol. The van der Waals surface area contributed by atoms with Crippen molar-refractivity contribution >= 4 is 49.9 Å². The van der Waals surface area contributed by atoms with E-state index in [0.717, 1.165) is 6.42 Å². The van der Waals surface area contributed by atoms with E-state index in [4.69, 9.17) is 0 Å². The third-order valence-corrected chi connectivity index (χ3v) is 5.09. The van der Waals surface area contributed by atoms with Gasteiger partial charge in [-0.3, -0.25) is 4.68 Å². The van der Waals surface area contributed by atoms with Gasteiger partial charge in [-0.1, -0.05) is 15.9 Å². The van der Waals surface area contributed by atoms with E-state index in [2.05, 4.69) is 60.4 Å². The Morgan fingerprint density at radius 2 is 2.47 bits per heavy atom. The molecule has 5 heteroatoms. The van der Waals surface area contributed by atoms with E-state index in [1.54, 1.807) is 11.3 Å². The Kier molecular flexibility index (Phi) is 3.84. The molecule has 2 nitrogen and oxygen atoms in total. The molecule has 1 unspecified atom stereocenters. The SMILES string of the molecule is Cn1ncc(C(Br)Cc2ccsc2)c1I. The lowest BCUT2D eigenvalue weighted by Gasteiger charge is -2.07. The molecule has 0 spiro atoms. The number of rotatable bonds is 3. The summed E-state index contributed by atoms with van der Waals surface area (Å²) in [6.45, 7) is 0. The summed E-state index contributed by atoms with van der Waals surface area (Å²) in [6.07, 6.45) is 2.96. The normalized spacial score (nSPS) is 13.0. The van der Waals surface area contributed by atoms with Gasteiger partial charge in [-0.05, 0) is 51.4 Å². The maximum Gasteiger partial charge on any atom is 0.103 e. The van der Waals surface area contributed by atoms with Crippen LogP contribution in [0.1, 0.15) is 16.0 Å². The Morgan fingerprint density at radius 1 is 1.67 bits per heavy atom. The predicted octanol–water partition coefficient (Wildman–Crippen LogP) is 3.76. The molecule has 15 heavy (non-hydrogen) atoms. The molecule has 0 radical (unpaired) electrons. The largest absolute Gasteiger partial charge is 0.262 e. The van der Waals surface area contributed by atoms with E-state index in [-0.39, 0.29) is 0 Å². The summed E-state index contributed by atoms with van der Waals surface area (Å²) in [4.78, 5) is 0.354. The zero-order valence-corrected chi connectivity index (χ0v) is 12.7. The zero-order chi connectivity index (χ0) is 10.8. The first-order valence-corrected chi connectivity index (χ1v) is 7.44. The van der Waals surface area contributed by atoms with Gasteiger partial charge in [-0.25, -0.2) is 0 Å². The van der Waals surface area contributed by atoms with Gasteiger partial charge in [-0.15, -0.1) is 0 Å². The minimum atomic E-state index is 0.354. The molecule has 2 rings (SSSR count). The minimum Gasteiger partial charge on any atom is -0.262 e. The quantitative estimate of drug-likeness (QED) is 0.570. The lowest BCUT2D eigenvalue weighted by atomic mass is 10.1. The van der Waals surface area contributed by atoms with E-state index >= 15 is 0 Å². The fraction of sp³-hybridized carbons (Fsp3) is 0.300. The van der Waals surface area contributed by atoms with Crippen LogP contribution in [-0.4, -0.2) is 9.78 Å². The fourth-order valence-electron chi connectivity index (χ4n) is 1.38. The van der Waals surface area contributed by atoms with Crippen molar-refractivity contribution in [2.24, 2.45) is 7.05 Å². The third-order valence-electron chi connectivity index (χ3n) is 2.22. The maximum atomic E-state index is 4.25. The topological polar surface area (TPSA) is 17.8 Å². The summed E-state index contributed by atoms with van der Waals surface area (Å²) in [7, 11) is 1.97. The van der Waals surface area contributed by atoms with E-state index in [1.807, 2.05) is 17.9 Å². The summed E-state index contributed by atoms with van der Waals surface area (Å²) in [6, 6.07) is 2.17. The number of nitrogens with zero attached hydrogens (tertiary/aromatic N) is 2. The molecule has 0 N–H and O–H groups in total. The molecule has 0 amide bonds. The number of alkyl halides is 1. The molecule has 0 saturated carbocycles. The standard InChI is InChI=1S/C10H10BrIN2S/c1-14-10(12)8(5-13-14)9(11)4-7-2-3-15-6-7/h2-3,5-6,9H,4H2,1H3. The molecule has 0 aromatic carbocycles. The van der Waals surface area contributed by atoms with Gasteiger partial charge in [0.2, 0.25) is 0 Å². The number of aryl methyl sites for hydroxylation is 1. The maximum absolute atomic E-state index is 4.25. The van der Waals surface area contributed by atoms with E-state index in [0.29, 0.717) is 4.83 Å². The van der Waals surface area contributed by atoms with Gasteiger partial charge < -0.3 is 0 Å². The van der Waals surface area contributed by atoms with Crippen LogP contribution in [0.2, 0.25) is 0 Å². The lowest BCUT2D eigenvalue weighted by molar-refractivity contribution is 0.745. The van der Waals surface area contributed by atoms with Crippen LogP contribution in [0.25, 0.3) is 0 Å². The smallest absolute Gasteiger partial charge is 0.103 e. The predicted molar refractivity (Wildman–Crippen MR) is 75.6 cm³/mol. The summed E-state index contributed by atoms with van der Waals surface area (Å²) in [5.74, 6) is 0. The van der Waals surface area contributed by atoms with Gasteiger partial charge in [0.25, 0.3) is 0 Å². The van der Waals surface area contributed by atoms with Crippen LogP contribution in [-0.2, 0) is 13.5 Å². The van der Waals surface area contributed by atoms with Gasteiger partial charge in [0.05, 0.1) is 6.20 Å². The van der Waals surface area contributed by atoms with E-state index < -0.39 is 0 Å². The first kappa shape index (κ1) is 11.6. The van der Waals surface area contributed by atoms with Crippen LogP contribution in [0.15, 0.2) is 23.0 Å². The molecule has 0 aliphatic rings. The highest BCUT2D eigenvalue weighted by Gasteiger charge is 2.15. The Balaban J connectivity index is 2.14. The van der Waals surface area contributed by atoms with Gasteiger partial charge in [0, 0.05) is 17.4 Å². The zero-order valence-electron chi connectivity index (χ0n) is 8.15. The second kappa shape index (κ2) is 4.97. The van der Waals surface area contributed by atoms with Crippen LogP contribution in [0, 0.1) is 3.70 Å². The Hall–Kier alpha value is 0.120. The number of hydrogen-bond donors (Lipinski definition) is 0. The van der Waals surface area contributed by atoms with E-state index in [9.17, 15) is 0 Å². The van der Waals surface area contributed by atoms with Crippen molar-refractivity contribution < 1.29 is 0 Å². The summed E-state index contributed by atoms with van der Waals surface area (Å²) in [5, 5.41) is 8.55. The van der Waals surface area contributed by atoms with Crippen molar-refractivity contribution in [2.75, 3.05) is 0 Å². The number of hydrogen-bond acceptors (Lipinski definition) is 2. The molecule has 0 aliphatic heterocycles. The first-order valence-electron chi connectivity index (χ1n) is 4.51. The molecule has 2 aromatic rings. The minimum absolute atomic E-state index is 0.354. The van der Waals surface area contributed by atoms with E-state index in [1.165, 1.54) is 14.8 Å². The summed E-state index contributed by atoms with van der Waals surface area (Å²) >= 11 is 7.79. The van der Waals surface area contributed by atoms with Crippen molar-refractivity contribution in [3.05, 3.63) is 37.9 Å². The third kappa shape index (κ3) is 2.62. The molecule has 2 heterocycles. The Morgan fingerprint density at radius 3 is 3.00 bits per heavy atom. The highest BCUT2D eigenvalue weighted by molar-refractivity contribution is 14.1. The van der Waals surface area contributed by atoms with Crippen molar-refractivity contribution in [3.8, 4) is 0 Å². The molecule has 0 aliphatic carbocycles. The molecule has 0 fully saturated rings. The Bertz CT molecular complexity index is 438. The van der Waals surface area contributed by atoms with Crippen molar-refractivity contribution in [3.63, 3.8) is 0 Å². The highest BCUT2D eigenvalue weighted by atomic mass is 127. The van der Waals surface area contributed by atoms with Crippen LogP contribution >= 0.6 is 49.9 Å². The first-order chi connectivity index (χ1) is 7.18. The van der Waals surface area contributed by atoms with Gasteiger partial charge in [0.1, 0.15) is 3.70 Å². The lowest BCUT2D eigenvalue weighted by Crippen LogP contribution is -1.98. The molecule has 2 aromatic heterocycles. The van der Waals surface area contributed by atoms with Crippen LogP contribution in [0.5, 0.6) is 0 Å². The monoisotopic (exact) mass is 396 g/mol. The Labute approximate surface area is 115 Å². The van der Waals surface area contributed by atoms with Gasteiger partial charge >= 0.3 is 0 Å². The van der Waals surface area contributed by atoms with Gasteiger partial charge in [0.15, 0.2) is 0 Å². The molecule has 0 bridgehead atoms. The summed E-state index contributed by atoms with van der Waals surface area (Å²) < 4.78 is 3.10. The van der Waals surface area contributed by atoms with Gasteiger partial charge in [-0.2, -0.15) is 16.4 Å². The number of aromatic nitrogens is 2. The second-order valence-corrected chi connectivity index (χ2v) is 6.22. The number of halogens is 2. The van der Waals surface area contributed by atoms with Crippen LogP contribution in [0.3, 0.4) is 0 Å². The number of thiophene rings is 1. The van der Waals surface area contributed by atoms with Crippen molar-refractivity contribution in [1.29, 1.82) is 0 Å². The second-order valence-electron chi connectivity index (χ2n) is 3.32. The fourth-order valence-corrected chi connectivity index (χ4v) is 3.83. The highest BCUT2D eigenvalue weighted by Crippen LogP contribution is 2.30. The average Bonchev–Trinajstić information content (AvgIpc) is 2.79. The molecule has 1 atom stereocenters. The molecular weight excluding hydrogens is 387 g/mol. The molecule has 80 valence electrons. The van der Waals surface area contributed by atoms with Crippen LogP contribution < -0.4 is 0 Å².